The van der Waals surface area contributed by atoms with Gasteiger partial charge in [0.25, 0.3) is 0 Å². The molecule has 31 heavy (non-hydrogen) atoms. The topological polar surface area (TPSA) is 71.8 Å². The molecule has 5 aromatic rings. The van der Waals surface area contributed by atoms with Crippen LogP contribution in [0.15, 0.2) is 80.0 Å². The van der Waals surface area contributed by atoms with Crippen molar-refractivity contribution in [1.29, 1.82) is 5.26 Å². The largest absolute Gasteiger partial charge is 0.275 e. The second kappa shape index (κ2) is 7.39. The van der Waals surface area contributed by atoms with Crippen molar-refractivity contribution in [2.24, 2.45) is 7.05 Å². The van der Waals surface area contributed by atoms with Crippen LogP contribution in [-0.4, -0.2) is 24.4 Å². The molecule has 6 nitrogen and oxygen atoms in total. The Morgan fingerprint density at radius 2 is 1.65 bits per heavy atom. The van der Waals surface area contributed by atoms with Crippen LogP contribution >= 0.6 is 0 Å². The molecule has 0 aliphatic carbocycles. The van der Waals surface area contributed by atoms with Crippen molar-refractivity contribution < 1.29 is 0 Å². The van der Waals surface area contributed by atoms with Gasteiger partial charge in [0.05, 0.1) is 29.2 Å². The maximum atomic E-state index is 9.59. The molecule has 0 bridgehead atoms. The van der Waals surface area contributed by atoms with E-state index >= 15 is 0 Å². The summed E-state index contributed by atoms with van der Waals surface area (Å²) in [6, 6.07) is 16.6. The van der Waals surface area contributed by atoms with Gasteiger partial charge in [0.2, 0.25) is 0 Å². The lowest BCUT2D eigenvalue weighted by atomic mass is 9.98. The van der Waals surface area contributed by atoms with Gasteiger partial charge in [0.15, 0.2) is 0 Å². The summed E-state index contributed by atoms with van der Waals surface area (Å²) in [5, 5.41) is 18.3. The molecule has 4 heterocycles. The zero-order valence-electron chi connectivity index (χ0n) is 16.9. The first kappa shape index (κ1) is 18.5. The van der Waals surface area contributed by atoms with Gasteiger partial charge < -0.3 is 0 Å². The number of aryl methyl sites for hydroxylation is 1. The first-order chi connectivity index (χ1) is 15.2. The number of aromatic nitrogens is 5. The summed E-state index contributed by atoms with van der Waals surface area (Å²) < 4.78 is 3.53. The molecule has 6 heteroatoms. The van der Waals surface area contributed by atoms with Gasteiger partial charge in [-0.2, -0.15) is 15.5 Å². The van der Waals surface area contributed by atoms with Gasteiger partial charge in [-0.3, -0.25) is 9.67 Å². The SMILES string of the molecule is C=Cc1ccc(-c2ccc(-c3cc(-c4cnn(C)c4)cn4ncc(C#N)c34)cc2)cn1. The van der Waals surface area contributed by atoms with Gasteiger partial charge >= 0.3 is 0 Å². The molecule has 0 atom stereocenters. The second-order valence-electron chi connectivity index (χ2n) is 7.26. The first-order valence-electron chi connectivity index (χ1n) is 9.76. The third-order valence-electron chi connectivity index (χ3n) is 5.30. The van der Waals surface area contributed by atoms with Crippen molar-refractivity contribution in [1.82, 2.24) is 24.4 Å². The molecule has 0 saturated carbocycles. The molecule has 0 fully saturated rings. The van der Waals surface area contributed by atoms with Crippen LogP contribution in [-0.2, 0) is 7.05 Å². The number of nitriles is 1. The number of hydrogen-bond acceptors (Lipinski definition) is 4. The van der Waals surface area contributed by atoms with Crippen molar-refractivity contribution in [2.75, 3.05) is 0 Å². The van der Waals surface area contributed by atoms with E-state index in [0.717, 1.165) is 44.6 Å². The molecule has 0 spiro atoms. The summed E-state index contributed by atoms with van der Waals surface area (Å²) in [6.07, 6.45) is 10.9. The third kappa shape index (κ3) is 3.28. The van der Waals surface area contributed by atoms with E-state index in [0.29, 0.717) is 5.56 Å². The van der Waals surface area contributed by atoms with Crippen LogP contribution in [0.5, 0.6) is 0 Å². The Morgan fingerprint density at radius 1 is 0.871 bits per heavy atom. The van der Waals surface area contributed by atoms with E-state index in [1.165, 1.54) is 0 Å². The van der Waals surface area contributed by atoms with Crippen LogP contribution in [0.3, 0.4) is 0 Å². The summed E-state index contributed by atoms with van der Waals surface area (Å²) in [4.78, 5) is 4.38. The molecule has 1 aromatic carbocycles. The monoisotopic (exact) mass is 402 g/mol. The van der Waals surface area contributed by atoms with E-state index in [1.807, 2.05) is 44.0 Å². The maximum absolute atomic E-state index is 9.59. The van der Waals surface area contributed by atoms with Crippen molar-refractivity contribution in [3.8, 4) is 39.4 Å². The minimum absolute atomic E-state index is 0.543. The molecule has 0 amide bonds. The van der Waals surface area contributed by atoms with Crippen molar-refractivity contribution >= 4 is 11.6 Å². The normalized spacial score (nSPS) is 10.8. The zero-order chi connectivity index (χ0) is 21.4. The molecule has 5 rings (SSSR count). The first-order valence-corrected chi connectivity index (χ1v) is 9.76. The number of hydrogen-bond donors (Lipinski definition) is 0. The fourth-order valence-electron chi connectivity index (χ4n) is 3.69. The minimum Gasteiger partial charge on any atom is -0.275 e. The fourth-order valence-corrected chi connectivity index (χ4v) is 3.69. The molecular weight excluding hydrogens is 384 g/mol. The predicted molar refractivity (Wildman–Crippen MR) is 121 cm³/mol. The highest BCUT2D eigenvalue weighted by atomic mass is 15.2. The Hall–Kier alpha value is -4.50. The van der Waals surface area contributed by atoms with Gasteiger partial charge in [0.1, 0.15) is 6.07 Å². The Bertz CT molecular complexity index is 1450. The molecule has 0 aliphatic rings. The zero-order valence-corrected chi connectivity index (χ0v) is 16.9. The van der Waals surface area contributed by atoms with Crippen molar-refractivity contribution in [2.45, 2.75) is 0 Å². The van der Waals surface area contributed by atoms with Gasteiger partial charge in [0, 0.05) is 47.9 Å². The van der Waals surface area contributed by atoms with E-state index < -0.39 is 0 Å². The van der Waals surface area contributed by atoms with Crippen LogP contribution in [0.4, 0.5) is 0 Å². The predicted octanol–water partition coefficient (Wildman–Crippen LogP) is 4.98. The number of benzene rings is 1. The molecule has 4 aromatic heterocycles. The lowest BCUT2D eigenvalue weighted by molar-refractivity contribution is 0.768. The lowest BCUT2D eigenvalue weighted by Gasteiger charge is -2.10. The highest BCUT2D eigenvalue weighted by Crippen LogP contribution is 2.33. The molecule has 0 aliphatic heterocycles. The Kier molecular flexibility index (Phi) is 4.42. The molecule has 0 unspecified atom stereocenters. The smallest absolute Gasteiger partial charge is 0.103 e. The number of fused-ring (bicyclic) bond motifs is 1. The molecular formula is C25H18N6. The molecule has 0 radical (unpaired) electrons. The standard InChI is InChI=1S/C25H18N6/c1-3-23-9-8-19(12-27-23)17-4-6-18(7-5-17)24-10-20(22-14-28-30(2)15-22)16-31-25(24)21(11-26)13-29-31/h3-10,12-16H,1H2,2H3. The van der Waals surface area contributed by atoms with Gasteiger partial charge in [-0.25, -0.2) is 4.52 Å². The number of nitrogens with zero attached hydrogens (tertiary/aromatic N) is 6. The quantitative estimate of drug-likeness (QED) is 0.425. The molecule has 0 N–H and O–H groups in total. The minimum atomic E-state index is 0.543. The van der Waals surface area contributed by atoms with Crippen molar-refractivity contribution in [3.63, 3.8) is 0 Å². The van der Waals surface area contributed by atoms with Crippen LogP contribution < -0.4 is 0 Å². The van der Waals surface area contributed by atoms with E-state index in [1.54, 1.807) is 21.5 Å². The van der Waals surface area contributed by atoms with Crippen molar-refractivity contribution in [3.05, 3.63) is 91.3 Å². The molecule has 0 saturated heterocycles. The van der Waals surface area contributed by atoms with Crippen LogP contribution in [0.2, 0.25) is 0 Å². The summed E-state index contributed by atoms with van der Waals surface area (Å²) in [7, 11) is 1.89. The summed E-state index contributed by atoms with van der Waals surface area (Å²) in [5.41, 5.74) is 8.21. The van der Waals surface area contributed by atoms with E-state index in [2.05, 4.69) is 58.2 Å². The highest BCUT2D eigenvalue weighted by Gasteiger charge is 2.14. The van der Waals surface area contributed by atoms with Crippen LogP contribution in [0.25, 0.3) is 45.0 Å². The van der Waals surface area contributed by atoms with Gasteiger partial charge in [-0.05, 0) is 29.3 Å². The summed E-state index contributed by atoms with van der Waals surface area (Å²) >= 11 is 0. The van der Waals surface area contributed by atoms with E-state index in [9.17, 15) is 5.26 Å². The fraction of sp³-hybridized carbons (Fsp3) is 0.0400. The summed E-state index contributed by atoms with van der Waals surface area (Å²) in [5.74, 6) is 0. The average Bonchev–Trinajstić information content (AvgIpc) is 3.44. The second-order valence-corrected chi connectivity index (χ2v) is 7.26. The average molecular weight is 402 g/mol. The molecule has 148 valence electrons. The lowest BCUT2D eigenvalue weighted by Crippen LogP contribution is -1.93. The highest BCUT2D eigenvalue weighted by molar-refractivity contribution is 5.88. The van der Waals surface area contributed by atoms with Crippen LogP contribution in [0, 0.1) is 11.3 Å². The number of rotatable bonds is 4. The van der Waals surface area contributed by atoms with Gasteiger partial charge in [-0.1, -0.05) is 36.9 Å². The Balaban J connectivity index is 1.63. The van der Waals surface area contributed by atoms with E-state index in [-0.39, 0.29) is 0 Å². The third-order valence-corrected chi connectivity index (χ3v) is 5.30. The number of pyridine rings is 2. The maximum Gasteiger partial charge on any atom is 0.103 e. The van der Waals surface area contributed by atoms with Gasteiger partial charge in [-0.15, -0.1) is 0 Å². The Morgan fingerprint density at radius 3 is 2.29 bits per heavy atom. The van der Waals surface area contributed by atoms with E-state index in [4.69, 9.17) is 0 Å². The Labute approximate surface area is 179 Å². The summed E-state index contributed by atoms with van der Waals surface area (Å²) in [6.45, 7) is 3.75. The van der Waals surface area contributed by atoms with Crippen LogP contribution in [0.1, 0.15) is 11.3 Å².